The minimum absolute atomic E-state index is 0.0189. The van der Waals surface area contributed by atoms with E-state index in [4.69, 9.17) is 9.79 Å². The zero-order valence-corrected chi connectivity index (χ0v) is 16.1. The lowest BCUT2D eigenvalue weighted by molar-refractivity contribution is 0.101. The Labute approximate surface area is 152 Å². The van der Waals surface area contributed by atoms with Crippen LogP contribution in [0.5, 0.6) is 0 Å². The highest BCUT2D eigenvalue weighted by Crippen LogP contribution is 2.37. The fraction of sp³-hybridized carbons (Fsp3) is 0.167. The summed E-state index contributed by atoms with van der Waals surface area (Å²) in [5.41, 5.74) is 0.569. The van der Waals surface area contributed by atoms with Crippen LogP contribution < -0.4 is 5.32 Å². The maximum absolute atomic E-state index is 13.8. The molecule has 0 radical (unpaired) electrons. The van der Waals surface area contributed by atoms with Gasteiger partial charge >= 0.3 is 7.82 Å². The van der Waals surface area contributed by atoms with Crippen LogP contribution in [0.25, 0.3) is 0 Å². The molecule has 12 heteroatoms. The average Bonchev–Trinajstić information content (AvgIpc) is 2.75. The zero-order chi connectivity index (χ0) is 18.1. The van der Waals surface area contributed by atoms with Gasteiger partial charge in [0.05, 0.1) is 10.2 Å². The van der Waals surface area contributed by atoms with E-state index in [0.29, 0.717) is 5.56 Å². The molecular weight excluding hydrogens is 476 g/mol. The van der Waals surface area contributed by atoms with E-state index < -0.39 is 26.3 Å². The predicted octanol–water partition coefficient (Wildman–Crippen LogP) is 3.17. The predicted molar refractivity (Wildman–Crippen MR) is 89.8 cm³/mol. The molecule has 0 unspecified atom stereocenters. The van der Waals surface area contributed by atoms with E-state index in [9.17, 15) is 13.8 Å². The molecule has 2 rings (SSSR count). The second-order valence-corrected chi connectivity index (χ2v) is 7.42. The lowest BCUT2D eigenvalue weighted by Gasteiger charge is -2.06. The summed E-state index contributed by atoms with van der Waals surface area (Å²) in [6.07, 6.45) is 0. The third kappa shape index (κ3) is 4.71. The van der Waals surface area contributed by atoms with Crippen LogP contribution in [0, 0.1) is 12.7 Å². The lowest BCUT2D eigenvalue weighted by atomic mass is 10.2. The maximum atomic E-state index is 13.8. The molecule has 0 saturated carbocycles. The average molecular weight is 487 g/mol. The van der Waals surface area contributed by atoms with Crippen LogP contribution in [0.15, 0.2) is 27.3 Å². The minimum atomic E-state index is -4.69. The number of rotatable bonds is 5. The van der Waals surface area contributed by atoms with Gasteiger partial charge in [0.2, 0.25) is 0 Å². The number of phosphoric acid groups is 1. The molecule has 0 aliphatic carbocycles. The van der Waals surface area contributed by atoms with Gasteiger partial charge < -0.3 is 15.1 Å². The van der Waals surface area contributed by atoms with E-state index in [0.717, 1.165) is 4.68 Å². The molecule has 130 valence electrons. The number of nitrogens with zero attached hydrogens (tertiary/aromatic N) is 2. The summed E-state index contributed by atoms with van der Waals surface area (Å²) < 4.78 is 30.3. The Morgan fingerprint density at radius 1 is 1.46 bits per heavy atom. The highest BCUT2D eigenvalue weighted by atomic mass is 79.9. The second-order valence-electron chi connectivity index (χ2n) is 4.64. The van der Waals surface area contributed by atoms with E-state index in [-0.39, 0.29) is 20.5 Å². The smallest absolute Gasteiger partial charge is 0.318 e. The Hall–Kier alpha value is -1.10. The number of amides is 1. The molecule has 3 N–H and O–H groups in total. The van der Waals surface area contributed by atoms with Gasteiger partial charge in [-0.15, -0.1) is 0 Å². The molecule has 0 saturated heterocycles. The molecular formula is C12H11Br2FN3O5P. The summed E-state index contributed by atoms with van der Waals surface area (Å²) >= 11 is 6.24. The van der Waals surface area contributed by atoms with Gasteiger partial charge in [-0.1, -0.05) is 6.07 Å². The number of carbonyl (C=O) groups excluding carboxylic acids is 1. The number of carbonyl (C=O) groups is 1. The number of hydrogen-bond acceptors (Lipinski definition) is 4. The van der Waals surface area contributed by atoms with Crippen molar-refractivity contribution in [2.24, 2.45) is 0 Å². The standard InChI is InChI=1S/C12H11Br2FN3O5P/c1-6-2-3-8(7(15)4-6)16-12(19)10-9(13)11(14)18(17-10)5-23-24(20,21)22/h2-4H,5H2,1H3,(H,16,19)(H2,20,21,22). The molecule has 1 aromatic carbocycles. The molecule has 24 heavy (non-hydrogen) atoms. The zero-order valence-electron chi connectivity index (χ0n) is 12.0. The van der Waals surface area contributed by atoms with Crippen molar-refractivity contribution in [3.63, 3.8) is 0 Å². The van der Waals surface area contributed by atoms with Crippen LogP contribution in [-0.2, 0) is 15.8 Å². The van der Waals surface area contributed by atoms with Gasteiger partial charge in [-0.2, -0.15) is 5.10 Å². The monoisotopic (exact) mass is 485 g/mol. The summed E-state index contributed by atoms with van der Waals surface area (Å²) in [6, 6.07) is 4.32. The molecule has 0 aliphatic rings. The largest absolute Gasteiger partial charge is 0.471 e. The molecule has 0 aliphatic heterocycles. The molecule has 1 heterocycles. The Kier molecular flexibility index (Phi) is 5.95. The van der Waals surface area contributed by atoms with Crippen molar-refractivity contribution in [3.05, 3.63) is 44.3 Å². The Morgan fingerprint density at radius 3 is 2.71 bits per heavy atom. The summed E-state index contributed by atoms with van der Waals surface area (Å²) in [6.45, 7) is 1.13. The molecule has 1 amide bonds. The highest BCUT2D eigenvalue weighted by Gasteiger charge is 2.23. The van der Waals surface area contributed by atoms with Crippen molar-refractivity contribution in [1.29, 1.82) is 0 Å². The van der Waals surface area contributed by atoms with Crippen molar-refractivity contribution in [3.8, 4) is 0 Å². The first-order valence-corrected chi connectivity index (χ1v) is 9.39. The number of anilines is 1. The van der Waals surface area contributed by atoms with E-state index in [2.05, 4.69) is 46.8 Å². The van der Waals surface area contributed by atoms with Crippen LogP contribution in [0.2, 0.25) is 0 Å². The van der Waals surface area contributed by atoms with Crippen molar-refractivity contribution < 1.29 is 28.1 Å². The fourth-order valence-corrected chi connectivity index (χ4v) is 2.78. The second kappa shape index (κ2) is 7.42. The molecule has 0 spiro atoms. The van der Waals surface area contributed by atoms with Crippen molar-refractivity contribution in [1.82, 2.24) is 9.78 Å². The number of aryl methyl sites for hydroxylation is 1. The summed E-state index contributed by atoms with van der Waals surface area (Å²) in [7, 11) is -4.69. The van der Waals surface area contributed by atoms with Crippen molar-refractivity contribution in [2.45, 2.75) is 13.7 Å². The number of phosphoric ester groups is 1. The van der Waals surface area contributed by atoms with Gasteiger partial charge in [-0.25, -0.2) is 13.6 Å². The molecule has 1 aromatic heterocycles. The van der Waals surface area contributed by atoms with Gasteiger partial charge in [0.25, 0.3) is 5.91 Å². The van der Waals surface area contributed by atoms with Gasteiger partial charge in [-0.05, 0) is 56.5 Å². The molecule has 0 bridgehead atoms. The van der Waals surface area contributed by atoms with Crippen LogP contribution in [0.1, 0.15) is 16.1 Å². The number of halogens is 3. The van der Waals surface area contributed by atoms with E-state index in [1.54, 1.807) is 13.0 Å². The van der Waals surface area contributed by atoms with Gasteiger partial charge in [0.15, 0.2) is 12.4 Å². The van der Waals surface area contributed by atoms with Crippen molar-refractivity contribution in [2.75, 3.05) is 5.32 Å². The van der Waals surface area contributed by atoms with Crippen LogP contribution in [0.3, 0.4) is 0 Å². The molecule has 0 atom stereocenters. The minimum Gasteiger partial charge on any atom is -0.318 e. The lowest BCUT2D eigenvalue weighted by Crippen LogP contribution is -2.15. The van der Waals surface area contributed by atoms with Crippen LogP contribution >= 0.6 is 39.7 Å². The molecule has 0 fully saturated rings. The first kappa shape index (κ1) is 19.2. The summed E-state index contributed by atoms with van der Waals surface area (Å²) in [5, 5.41) is 6.25. The van der Waals surface area contributed by atoms with E-state index >= 15 is 0 Å². The Balaban J connectivity index is 2.22. The van der Waals surface area contributed by atoms with Crippen LogP contribution in [0.4, 0.5) is 10.1 Å². The van der Waals surface area contributed by atoms with Crippen molar-refractivity contribution >= 4 is 51.3 Å². The van der Waals surface area contributed by atoms with Gasteiger partial charge in [0.1, 0.15) is 10.4 Å². The van der Waals surface area contributed by atoms with E-state index in [1.165, 1.54) is 12.1 Å². The summed E-state index contributed by atoms with van der Waals surface area (Å²) in [4.78, 5) is 29.6. The fourth-order valence-electron chi connectivity index (χ4n) is 1.68. The van der Waals surface area contributed by atoms with Gasteiger partial charge in [0, 0.05) is 0 Å². The number of nitrogens with one attached hydrogen (secondary N) is 1. The number of benzene rings is 1. The van der Waals surface area contributed by atoms with Crippen LogP contribution in [-0.4, -0.2) is 25.5 Å². The molecule has 2 aromatic rings. The third-order valence-corrected chi connectivity index (χ3v) is 5.31. The van der Waals surface area contributed by atoms with E-state index in [1.807, 2.05) is 0 Å². The maximum Gasteiger partial charge on any atom is 0.471 e. The first-order valence-electron chi connectivity index (χ1n) is 6.28. The SMILES string of the molecule is Cc1ccc(NC(=O)c2nn(COP(=O)(O)O)c(Br)c2Br)c(F)c1. The highest BCUT2D eigenvalue weighted by molar-refractivity contribution is 9.13. The first-order chi connectivity index (χ1) is 11.1. The Bertz CT molecular complexity index is 838. The third-order valence-electron chi connectivity index (χ3n) is 2.77. The number of hydrogen-bond donors (Lipinski definition) is 3. The Morgan fingerprint density at radius 2 is 2.12 bits per heavy atom. The summed E-state index contributed by atoms with van der Waals surface area (Å²) in [5.74, 6) is -1.30. The topological polar surface area (TPSA) is 114 Å². The quantitative estimate of drug-likeness (QED) is 0.559. The van der Waals surface area contributed by atoms with Gasteiger partial charge in [-0.3, -0.25) is 9.32 Å². The molecule has 8 nitrogen and oxygen atoms in total. The normalized spacial score (nSPS) is 11.6. The number of aromatic nitrogens is 2.